The SMILES string of the molecule is CCCCCCCCCCC(O)CN(CCN(CC)CCNCCN(CCN(CC(O)CCCCCCCCCC)CC(CCCCCCCCCC)N=O)CC(CCCCCCCCCC)N=O)CC(O)CCCCCCCCCC. The summed E-state index contributed by atoms with van der Waals surface area (Å²) in [6.07, 6.45) is 52.7. The molecule has 0 aliphatic rings. The lowest BCUT2D eigenvalue weighted by Gasteiger charge is -2.31. The van der Waals surface area contributed by atoms with E-state index in [1.165, 1.54) is 205 Å². The van der Waals surface area contributed by atoms with Gasteiger partial charge in [0.2, 0.25) is 0 Å². The summed E-state index contributed by atoms with van der Waals surface area (Å²) < 4.78 is 0. The maximum atomic E-state index is 12.5. The van der Waals surface area contributed by atoms with Crippen LogP contribution in [0.25, 0.3) is 0 Å². The molecule has 0 bridgehead atoms. The molecule has 0 saturated heterocycles. The molecule has 0 amide bonds. The van der Waals surface area contributed by atoms with Gasteiger partial charge in [-0.05, 0) is 38.6 Å². The number of nitrogens with one attached hydrogen (secondary N) is 1. The van der Waals surface area contributed by atoms with Crippen molar-refractivity contribution in [2.75, 3.05) is 91.6 Å². The number of likely N-dealkylation sites (N-methyl/N-ethyl adjacent to an activating group) is 1. The molecule has 12 nitrogen and oxygen atoms in total. The van der Waals surface area contributed by atoms with Crippen molar-refractivity contribution in [3.8, 4) is 0 Å². The van der Waals surface area contributed by atoms with Gasteiger partial charge in [0.1, 0.15) is 12.1 Å². The normalized spacial score (nSPS) is 14.0. The van der Waals surface area contributed by atoms with Crippen LogP contribution in [0.1, 0.15) is 330 Å². The summed E-state index contributed by atoms with van der Waals surface area (Å²) in [4.78, 5) is 34.4. The molecule has 0 aliphatic heterocycles. The smallest absolute Gasteiger partial charge is 0.105 e. The zero-order chi connectivity index (χ0) is 60.0. The van der Waals surface area contributed by atoms with Crippen LogP contribution in [0.4, 0.5) is 0 Å². The van der Waals surface area contributed by atoms with Crippen molar-refractivity contribution in [3.05, 3.63) is 9.81 Å². The van der Waals surface area contributed by atoms with E-state index in [0.29, 0.717) is 39.3 Å². The zero-order valence-electron chi connectivity index (χ0n) is 55.9. The Labute approximate surface area is 510 Å². The number of rotatable bonds is 70. The summed E-state index contributed by atoms with van der Waals surface area (Å²) in [5, 5.41) is 45.2. The van der Waals surface area contributed by atoms with Gasteiger partial charge in [-0.2, -0.15) is 9.81 Å². The van der Waals surface area contributed by atoms with Gasteiger partial charge in [0, 0.05) is 85.1 Å². The van der Waals surface area contributed by atoms with E-state index in [4.69, 9.17) is 0 Å². The first kappa shape index (κ1) is 80.9. The molecule has 0 fully saturated rings. The summed E-state index contributed by atoms with van der Waals surface area (Å²) in [7, 11) is 0. The van der Waals surface area contributed by atoms with Crippen molar-refractivity contribution in [1.82, 2.24) is 24.9 Å². The number of aliphatic hydroxyl groups is 3. The summed E-state index contributed by atoms with van der Waals surface area (Å²) in [5.41, 5.74) is 0. The Morgan fingerprint density at radius 2 is 0.512 bits per heavy atom. The molecule has 0 saturated carbocycles. The average molecular weight is 1160 g/mol. The Morgan fingerprint density at radius 3 is 0.805 bits per heavy atom. The van der Waals surface area contributed by atoms with Gasteiger partial charge < -0.3 is 25.5 Å². The lowest BCUT2D eigenvalue weighted by Crippen LogP contribution is -2.46. The quantitative estimate of drug-likeness (QED) is 0.0343. The fourth-order valence-corrected chi connectivity index (χ4v) is 12.1. The van der Waals surface area contributed by atoms with Crippen LogP contribution in [0.2, 0.25) is 0 Å². The van der Waals surface area contributed by atoms with Crippen LogP contribution in [-0.2, 0) is 0 Å². The molecule has 0 aromatic carbocycles. The van der Waals surface area contributed by atoms with Crippen LogP contribution in [0.15, 0.2) is 10.4 Å². The van der Waals surface area contributed by atoms with E-state index in [-0.39, 0.29) is 24.3 Å². The van der Waals surface area contributed by atoms with Crippen molar-refractivity contribution in [2.24, 2.45) is 10.4 Å². The van der Waals surface area contributed by atoms with Crippen LogP contribution in [0, 0.1) is 9.81 Å². The van der Waals surface area contributed by atoms with E-state index in [0.717, 1.165) is 136 Å². The van der Waals surface area contributed by atoms with Crippen LogP contribution < -0.4 is 5.32 Å². The summed E-state index contributed by atoms with van der Waals surface area (Å²) >= 11 is 0. The number of hydrogen-bond donors (Lipinski definition) is 4. The minimum atomic E-state index is -0.444. The van der Waals surface area contributed by atoms with Crippen molar-refractivity contribution in [3.63, 3.8) is 0 Å². The van der Waals surface area contributed by atoms with Gasteiger partial charge in [0.15, 0.2) is 0 Å². The molecule has 82 heavy (non-hydrogen) atoms. The van der Waals surface area contributed by atoms with E-state index in [1.54, 1.807) is 0 Å². The number of unbranched alkanes of at least 4 members (excludes halogenated alkanes) is 35. The first-order valence-electron chi connectivity index (χ1n) is 36.5. The Hall–Kier alpha value is -1.12. The van der Waals surface area contributed by atoms with Crippen molar-refractivity contribution < 1.29 is 15.3 Å². The molecule has 0 radical (unpaired) electrons. The highest BCUT2D eigenvalue weighted by atomic mass is 16.3. The average Bonchev–Trinajstić information content (AvgIpc) is 3.47. The van der Waals surface area contributed by atoms with Gasteiger partial charge >= 0.3 is 0 Å². The molecule has 4 N–H and O–H groups in total. The second-order valence-corrected chi connectivity index (χ2v) is 25.8. The van der Waals surface area contributed by atoms with Gasteiger partial charge in [-0.15, -0.1) is 0 Å². The highest BCUT2D eigenvalue weighted by Crippen LogP contribution is 2.19. The highest BCUT2D eigenvalue weighted by Gasteiger charge is 2.22. The van der Waals surface area contributed by atoms with E-state index < -0.39 is 6.10 Å². The molecule has 5 atom stereocenters. The van der Waals surface area contributed by atoms with Crippen molar-refractivity contribution in [1.29, 1.82) is 0 Å². The molecule has 490 valence electrons. The number of hydrogen-bond acceptors (Lipinski definition) is 12. The van der Waals surface area contributed by atoms with Gasteiger partial charge in [-0.1, -0.05) is 309 Å². The standard InChI is InChI=1S/C70H145N7O5/c1-7-13-18-23-28-33-38-43-48-66(72-81)61-75(58-60-76(63-68(78)50-45-40-35-30-25-20-15-9-3)62-67(73-82)49-44-39-34-29-24-19-14-8-2)56-54-71-53-55-74(12-6)57-59-77(64-69(79)51-46-41-36-31-26-21-16-10-4)65-70(80)52-47-42-37-32-27-22-17-11-5/h66-71,78-80H,7-65H2,1-6H3. The van der Waals surface area contributed by atoms with Gasteiger partial charge in [0.25, 0.3) is 0 Å². The minimum absolute atomic E-state index is 0.260. The topological polar surface area (TPSA) is 145 Å². The largest absolute Gasteiger partial charge is 0.392 e. The zero-order valence-corrected chi connectivity index (χ0v) is 55.9. The molecule has 12 heteroatoms. The predicted molar refractivity (Wildman–Crippen MR) is 358 cm³/mol. The molecular weight excluding hydrogens is 1020 g/mol. The Bertz CT molecular complexity index is 1250. The first-order valence-corrected chi connectivity index (χ1v) is 36.5. The number of nitrogens with zero attached hydrogens (tertiary/aromatic N) is 6. The third-order valence-electron chi connectivity index (χ3n) is 17.7. The number of nitroso groups, excluding NO2 is 2. The molecule has 0 aromatic heterocycles. The third kappa shape index (κ3) is 55.5. The lowest BCUT2D eigenvalue weighted by atomic mass is 10.0. The molecule has 5 unspecified atom stereocenters. The Morgan fingerprint density at radius 1 is 0.280 bits per heavy atom. The van der Waals surface area contributed by atoms with Gasteiger partial charge in [0.05, 0.1) is 18.3 Å². The third-order valence-corrected chi connectivity index (χ3v) is 17.7. The van der Waals surface area contributed by atoms with Crippen molar-refractivity contribution in [2.45, 2.75) is 361 Å². The molecular formula is C70H145N7O5. The first-order chi connectivity index (χ1) is 40.2. The molecule has 0 aromatic rings. The van der Waals surface area contributed by atoms with Crippen LogP contribution in [-0.4, -0.2) is 157 Å². The summed E-state index contributed by atoms with van der Waals surface area (Å²) in [6, 6.07) is -0.552. The fourth-order valence-electron chi connectivity index (χ4n) is 12.1. The lowest BCUT2D eigenvalue weighted by molar-refractivity contribution is 0.0552. The second kappa shape index (κ2) is 64.4. The predicted octanol–water partition coefficient (Wildman–Crippen LogP) is 17.8. The molecule has 0 rings (SSSR count). The van der Waals surface area contributed by atoms with E-state index in [9.17, 15) is 25.1 Å². The Balaban J connectivity index is 5.85. The van der Waals surface area contributed by atoms with Gasteiger partial charge in [-0.3, -0.25) is 14.7 Å². The van der Waals surface area contributed by atoms with Crippen LogP contribution >= 0.6 is 0 Å². The fraction of sp³-hybridized carbons (Fsp3) is 1.00. The van der Waals surface area contributed by atoms with E-state index in [1.807, 2.05) is 0 Å². The maximum Gasteiger partial charge on any atom is 0.105 e. The summed E-state index contributed by atoms with van der Waals surface area (Å²) in [5.74, 6) is 0. The second-order valence-electron chi connectivity index (χ2n) is 25.8. The van der Waals surface area contributed by atoms with E-state index in [2.05, 4.69) is 76.8 Å². The number of aliphatic hydroxyl groups excluding tert-OH is 3. The molecule has 0 spiro atoms. The van der Waals surface area contributed by atoms with Gasteiger partial charge in [-0.25, -0.2) is 0 Å². The summed E-state index contributed by atoms with van der Waals surface area (Å²) in [6.45, 7) is 24.0. The minimum Gasteiger partial charge on any atom is -0.392 e. The van der Waals surface area contributed by atoms with Crippen molar-refractivity contribution >= 4 is 0 Å². The molecule has 0 heterocycles. The van der Waals surface area contributed by atoms with Crippen LogP contribution in [0.3, 0.4) is 0 Å². The molecule has 0 aliphatic carbocycles. The maximum absolute atomic E-state index is 12.5. The Kier molecular flexibility index (Phi) is 63.5. The van der Waals surface area contributed by atoms with E-state index >= 15 is 0 Å². The van der Waals surface area contributed by atoms with Crippen LogP contribution in [0.5, 0.6) is 0 Å². The highest BCUT2D eigenvalue weighted by molar-refractivity contribution is 4.79. The monoisotopic (exact) mass is 1160 g/mol.